The van der Waals surface area contributed by atoms with Gasteiger partial charge in [0.05, 0.1) is 12.6 Å². The van der Waals surface area contributed by atoms with Crippen LogP contribution in [0.25, 0.3) is 11.1 Å². The fourth-order valence-corrected chi connectivity index (χ4v) is 2.69. The smallest absolute Gasteiger partial charge is 0.321 e. The third-order valence-corrected chi connectivity index (χ3v) is 4.32. The van der Waals surface area contributed by atoms with Gasteiger partial charge in [-0.05, 0) is 41.3 Å². The topological polar surface area (TPSA) is 52.6 Å². The average Bonchev–Trinajstić information content (AvgIpc) is 2.56. The van der Waals surface area contributed by atoms with E-state index >= 15 is 0 Å². The third-order valence-electron chi connectivity index (χ3n) is 4.07. The molecule has 0 unspecified atom stereocenters. The molecule has 128 valence electrons. The van der Waals surface area contributed by atoms with Crippen LogP contribution in [0, 0.1) is 5.92 Å². The van der Waals surface area contributed by atoms with Crippen molar-refractivity contribution in [2.75, 3.05) is 19.0 Å². The van der Waals surface area contributed by atoms with E-state index in [-0.39, 0.29) is 24.6 Å². The van der Waals surface area contributed by atoms with Crippen LogP contribution >= 0.6 is 11.6 Å². The molecule has 0 heterocycles. The van der Waals surface area contributed by atoms with Crippen LogP contribution in [0.1, 0.15) is 13.8 Å². The predicted molar refractivity (Wildman–Crippen MR) is 99.4 cm³/mol. The van der Waals surface area contributed by atoms with E-state index in [0.717, 1.165) is 11.1 Å². The summed E-state index contributed by atoms with van der Waals surface area (Å²) >= 11 is 5.92. The maximum atomic E-state index is 12.4. The molecule has 0 aromatic heterocycles. The highest BCUT2D eigenvalue weighted by Crippen LogP contribution is 2.24. The van der Waals surface area contributed by atoms with Gasteiger partial charge in [-0.2, -0.15) is 0 Å². The van der Waals surface area contributed by atoms with Crippen molar-refractivity contribution < 1.29 is 9.90 Å². The number of benzene rings is 2. The van der Waals surface area contributed by atoms with E-state index in [0.29, 0.717) is 10.7 Å². The van der Waals surface area contributed by atoms with Crippen LogP contribution in [0.5, 0.6) is 0 Å². The van der Waals surface area contributed by atoms with Gasteiger partial charge in [0, 0.05) is 17.8 Å². The zero-order valence-corrected chi connectivity index (χ0v) is 14.9. The van der Waals surface area contributed by atoms with Crippen LogP contribution in [0.2, 0.25) is 5.02 Å². The van der Waals surface area contributed by atoms with Crippen LogP contribution in [0.4, 0.5) is 10.5 Å². The minimum atomic E-state index is -0.240. The summed E-state index contributed by atoms with van der Waals surface area (Å²) < 4.78 is 0. The Morgan fingerprint density at radius 3 is 2.42 bits per heavy atom. The van der Waals surface area contributed by atoms with Crippen LogP contribution in [0.15, 0.2) is 48.5 Å². The Morgan fingerprint density at radius 2 is 1.83 bits per heavy atom. The van der Waals surface area contributed by atoms with E-state index in [2.05, 4.69) is 5.32 Å². The monoisotopic (exact) mass is 346 g/mol. The number of carbonyl (C=O) groups excluding carboxylic acids is 1. The first-order valence-electron chi connectivity index (χ1n) is 7.93. The maximum Gasteiger partial charge on any atom is 0.321 e. The van der Waals surface area contributed by atoms with Gasteiger partial charge in [0.15, 0.2) is 0 Å². The second-order valence-corrected chi connectivity index (χ2v) is 6.56. The van der Waals surface area contributed by atoms with Crippen molar-refractivity contribution in [3.05, 3.63) is 53.6 Å². The standard InChI is InChI=1S/C19H23ClN2O2/c1-13(2)18(12-23)22(3)19(24)21-17-6-4-5-15(11-17)14-7-9-16(20)10-8-14/h4-11,13,18,23H,12H2,1-3H3,(H,21,24)/t18-/m0/s1. The number of nitrogens with zero attached hydrogens (tertiary/aromatic N) is 1. The number of likely N-dealkylation sites (N-methyl/N-ethyl adjacent to an activating group) is 1. The van der Waals surface area contributed by atoms with Crippen molar-refractivity contribution in [1.82, 2.24) is 4.90 Å². The van der Waals surface area contributed by atoms with Crippen molar-refractivity contribution in [3.63, 3.8) is 0 Å². The number of rotatable bonds is 5. The van der Waals surface area contributed by atoms with Gasteiger partial charge in [-0.25, -0.2) is 4.79 Å². The molecule has 0 aliphatic heterocycles. The second kappa shape index (κ2) is 8.18. The summed E-state index contributed by atoms with van der Waals surface area (Å²) in [5, 5.41) is 13.0. The molecule has 0 bridgehead atoms. The van der Waals surface area contributed by atoms with Gasteiger partial charge >= 0.3 is 6.03 Å². The molecule has 24 heavy (non-hydrogen) atoms. The largest absolute Gasteiger partial charge is 0.394 e. The minimum absolute atomic E-state index is 0.0631. The number of nitrogens with one attached hydrogen (secondary N) is 1. The molecule has 0 saturated heterocycles. The highest BCUT2D eigenvalue weighted by atomic mass is 35.5. The predicted octanol–water partition coefficient (Wildman–Crippen LogP) is 4.49. The molecule has 0 aliphatic rings. The number of amides is 2. The molecule has 2 amide bonds. The van der Waals surface area contributed by atoms with Gasteiger partial charge in [0.25, 0.3) is 0 Å². The average molecular weight is 347 g/mol. The molecule has 2 aromatic carbocycles. The Kier molecular flexibility index (Phi) is 6.23. The SMILES string of the molecule is CC(C)[C@H](CO)N(C)C(=O)Nc1cccc(-c2ccc(Cl)cc2)c1. The molecular weight excluding hydrogens is 324 g/mol. The van der Waals surface area contributed by atoms with E-state index in [9.17, 15) is 9.90 Å². The number of carbonyl (C=O) groups is 1. The van der Waals surface area contributed by atoms with Crippen LogP contribution in [0.3, 0.4) is 0 Å². The Hall–Kier alpha value is -2.04. The van der Waals surface area contributed by atoms with Crippen molar-refractivity contribution in [2.24, 2.45) is 5.92 Å². The number of hydrogen-bond acceptors (Lipinski definition) is 2. The molecule has 1 atom stereocenters. The first-order valence-corrected chi connectivity index (χ1v) is 8.31. The van der Waals surface area contributed by atoms with Crippen LogP contribution in [-0.2, 0) is 0 Å². The highest BCUT2D eigenvalue weighted by Gasteiger charge is 2.22. The molecule has 0 spiro atoms. The molecule has 4 nitrogen and oxygen atoms in total. The molecule has 0 saturated carbocycles. The molecule has 0 fully saturated rings. The molecule has 5 heteroatoms. The number of urea groups is 1. The highest BCUT2D eigenvalue weighted by molar-refractivity contribution is 6.30. The summed E-state index contributed by atoms with van der Waals surface area (Å²) in [5.74, 6) is 0.172. The fraction of sp³-hybridized carbons (Fsp3) is 0.316. The van der Waals surface area contributed by atoms with Gasteiger partial charge in [-0.15, -0.1) is 0 Å². The zero-order chi connectivity index (χ0) is 17.7. The lowest BCUT2D eigenvalue weighted by molar-refractivity contribution is 0.131. The normalized spacial score (nSPS) is 12.1. The van der Waals surface area contributed by atoms with Gasteiger partial charge in [0.2, 0.25) is 0 Å². The molecule has 2 rings (SSSR count). The van der Waals surface area contributed by atoms with Gasteiger partial charge in [-0.1, -0.05) is 49.7 Å². The summed E-state index contributed by atoms with van der Waals surface area (Å²) in [4.78, 5) is 13.9. The molecule has 2 aromatic rings. The Labute approximate surface area is 148 Å². The van der Waals surface area contributed by atoms with Crippen molar-refractivity contribution >= 4 is 23.3 Å². The lowest BCUT2D eigenvalue weighted by Gasteiger charge is -2.29. The van der Waals surface area contributed by atoms with Gasteiger partial charge in [-0.3, -0.25) is 0 Å². The first-order chi connectivity index (χ1) is 11.4. The van der Waals surface area contributed by atoms with E-state index in [1.165, 1.54) is 0 Å². The Bertz CT molecular complexity index is 686. The molecular formula is C19H23ClN2O2. The Morgan fingerprint density at radius 1 is 1.17 bits per heavy atom. The minimum Gasteiger partial charge on any atom is -0.394 e. The van der Waals surface area contributed by atoms with Crippen molar-refractivity contribution in [2.45, 2.75) is 19.9 Å². The van der Waals surface area contributed by atoms with Crippen LogP contribution < -0.4 is 5.32 Å². The quantitative estimate of drug-likeness (QED) is 0.838. The lowest BCUT2D eigenvalue weighted by Crippen LogP contribution is -2.44. The number of aliphatic hydroxyl groups excluding tert-OH is 1. The summed E-state index contributed by atoms with van der Waals surface area (Å²) in [6, 6.07) is 14.7. The van der Waals surface area contributed by atoms with E-state index < -0.39 is 0 Å². The number of aliphatic hydroxyl groups is 1. The zero-order valence-electron chi connectivity index (χ0n) is 14.2. The maximum absolute atomic E-state index is 12.4. The Balaban J connectivity index is 2.14. The molecule has 0 radical (unpaired) electrons. The van der Waals surface area contributed by atoms with Gasteiger partial charge in [0.1, 0.15) is 0 Å². The lowest BCUT2D eigenvalue weighted by atomic mass is 10.0. The number of anilines is 1. The number of hydrogen-bond donors (Lipinski definition) is 2. The third kappa shape index (κ3) is 4.49. The van der Waals surface area contributed by atoms with E-state index in [1.54, 1.807) is 11.9 Å². The fourth-order valence-electron chi connectivity index (χ4n) is 2.56. The van der Waals surface area contributed by atoms with E-state index in [1.807, 2.05) is 62.4 Å². The first kappa shape index (κ1) is 18.3. The number of halogens is 1. The summed E-state index contributed by atoms with van der Waals surface area (Å²) in [5.41, 5.74) is 2.73. The van der Waals surface area contributed by atoms with Gasteiger partial charge < -0.3 is 15.3 Å². The molecule has 2 N–H and O–H groups in total. The van der Waals surface area contributed by atoms with Crippen molar-refractivity contribution in [3.8, 4) is 11.1 Å². The summed E-state index contributed by atoms with van der Waals surface area (Å²) in [7, 11) is 1.69. The van der Waals surface area contributed by atoms with Crippen LogP contribution in [-0.4, -0.2) is 35.7 Å². The molecule has 0 aliphatic carbocycles. The summed E-state index contributed by atoms with van der Waals surface area (Å²) in [6.45, 7) is 3.89. The van der Waals surface area contributed by atoms with E-state index in [4.69, 9.17) is 11.6 Å². The summed E-state index contributed by atoms with van der Waals surface area (Å²) in [6.07, 6.45) is 0. The second-order valence-electron chi connectivity index (χ2n) is 6.12. The van der Waals surface area contributed by atoms with Crippen molar-refractivity contribution in [1.29, 1.82) is 0 Å².